The van der Waals surface area contributed by atoms with Crippen LogP contribution in [0, 0.1) is 11.8 Å². The first kappa shape index (κ1) is 12.8. The Bertz CT molecular complexity index is 566. The summed E-state index contributed by atoms with van der Waals surface area (Å²) in [5.41, 5.74) is 0.987. The standard InChI is InChI=1S/C16H19N3O2/c20-15-14(12-5-6-12)19(9-10-2-1-7-17-8-10)16(21)13(18-15)11-3-4-11/h1-2,7-8,11-14H,3-6,9H2,(H,18,20). The highest BCUT2D eigenvalue weighted by Gasteiger charge is 2.51. The van der Waals surface area contributed by atoms with Gasteiger partial charge in [0, 0.05) is 18.9 Å². The molecule has 3 fully saturated rings. The van der Waals surface area contributed by atoms with Gasteiger partial charge in [0.1, 0.15) is 12.1 Å². The summed E-state index contributed by atoms with van der Waals surface area (Å²) in [7, 11) is 0. The number of rotatable bonds is 4. The van der Waals surface area contributed by atoms with Gasteiger partial charge in [0.05, 0.1) is 0 Å². The number of hydrogen-bond donors (Lipinski definition) is 1. The van der Waals surface area contributed by atoms with Crippen molar-refractivity contribution in [1.82, 2.24) is 15.2 Å². The fourth-order valence-corrected chi connectivity index (χ4v) is 3.25. The monoisotopic (exact) mass is 285 g/mol. The maximum Gasteiger partial charge on any atom is 0.246 e. The number of hydrogen-bond acceptors (Lipinski definition) is 3. The number of pyridine rings is 1. The summed E-state index contributed by atoms with van der Waals surface area (Å²) in [5.74, 6) is 0.819. The predicted octanol–water partition coefficient (Wildman–Crippen LogP) is 1.10. The molecule has 0 radical (unpaired) electrons. The molecule has 2 heterocycles. The van der Waals surface area contributed by atoms with E-state index >= 15 is 0 Å². The number of piperazine rings is 1. The van der Waals surface area contributed by atoms with Crippen molar-refractivity contribution in [3.63, 3.8) is 0 Å². The quantitative estimate of drug-likeness (QED) is 0.901. The van der Waals surface area contributed by atoms with Crippen molar-refractivity contribution in [2.75, 3.05) is 0 Å². The molecule has 2 amide bonds. The van der Waals surface area contributed by atoms with Crippen LogP contribution in [0.1, 0.15) is 31.2 Å². The minimum atomic E-state index is -0.302. The van der Waals surface area contributed by atoms with Gasteiger partial charge in [0.15, 0.2) is 0 Å². The van der Waals surface area contributed by atoms with E-state index in [9.17, 15) is 9.59 Å². The van der Waals surface area contributed by atoms with Crippen molar-refractivity contribution >= 4 is 11.8 Å². The van der Waals surface area contributed by atoms with Crippen molar-refractivity contribution in [2.24, 2.45) is 11.8 Å². The van der Waals surface area contributed by atoms with Gasteiger partial charge in [-0.25, -0.2) is 0 Å². The van der Waals surface area contributed by atoms with E-state index in [-0.39, 0.29) is 23.9 Å². The first-order chi connectivity index (χ1) is 10.2. The zero-order valence-corrected chi connectivity index (χ0v) is 11.9. The summed E-state index contributed by atoms with van der Waals surface area (Å²) in [6.07, 6.45) is 7.68. The van der Waals surface area contributed by atoms with Crippen LogP contribution in [0.25, 0.3) is 0 Å². The third kappa shape index (κ3) is 2.41. The van der Waals surface area contributed by atoms with E-state index in [2.05, 4.69) is 10.3 Å². The average Bonchev–Trinajstić information content (AvgIpc) is 3.37. The SMILES string of the molecule is O=C1NC(C2CC2)C(=O)N(Cc2cccnc2)C1C1CC1. The van der Waals surface area contributed by atoms with Crippen molar-refractivity contribution in [1.29, 1.82) is 0 Å². The van der Waals surface area contributed by atoms with Gasteiger partial charge < -0.3 is 10.2 Å². The topological polar surface area (TPSA) is 62.3 Å². The number of carbonyl (C=O) groups excluding carboxylic acids is 2. The first-order valence-electron chi connectivity index (χ1n) is 7.74. The number of nitrogens with one attached hydrogen (secondary N) is 1. The normalized spacial score (nSPS) is 29.4. The molecule has 21 heavy (non-hydrogen) atoms. The van der Waals surface area contributed by atoms with Gasteiger partial charge in [-0.3, -0.25) is 14.6 Å². The highest BCUT2D eigenvalue weighted by molar-refractivity contribution is 5.97. The highest BCUT2D eigenvalue weighted by Crippen LogP contribution is 2.40. The van der Waals surface area contributed by atoms with E-state index in [1.54, 1.807) is 17.3 Å². The van der Waals surface area contributed by atoms with E-state index in [1.807, 2.05) is 12.1 Å². The molecule has 2 saturated carbocycles. The summed E-state index contributed by atoms with van der Waals surface area (Å²) in [4.78, 5) is 31.1. The number of carbonyl (C=O) groups is 2. The summed E-state index contributed by atoms with van der Waals surface area (Å²) in [6.45, 7) is 0.491. The summed E-state index contributed by atoms with van der Waals surface area (Å²) < 4.78 is 0. The Labute approximate surface area is 123 Å². The summed E-state index contributed by atoms with van der Waals surface area (Å²) in [6, 6.07) is 3.24. The van der Waals surface area contributed by atoms with E-state index in [0.717, 1.165) is 31.2 Å². The molecule has 5 nitrogen and oxygen atoms in total. The molecule has 0 bridgehead atoms. The Hall–Kier alpha value is -1.91. The Kier molecular flexibility index (Phi) is 2.94. The molecule has 2 aliphatic carbocycles. The lowest BCUT2D eigenvalue weighted by Gasteiger charge is -2.39. The molecule has 1 aromatic heterocycles. The van der Waals surface area contributed by atoms with Gasteiger partial charge in [-0.1, -0.05) is 6.07 Å². The van der Waals surface area contributed by atoms with Gasteiger partial charge in [0.2, 0.25) is 11.8 Å². The molecular formula is C16H19N3O2. The molecule has 2 atom stereocenters. The molecule has 1 aromatic rings. The van der Waals surface area contributed by atoms with Crippen LogP contribution in [0.15, 0.2) is 24.5 Å². The van der Waals surface area contributed by atoms with E-state index in [1.165, 1.54) is 0 Å². The summed E-state index contributed by atoms with van der Waals surface area (Å²) >= 11 is 0. The zero-order chi connectivity index (χ0) is 14.4. The van der Waals surface area contributed by atoms with Gasteiger partial charge >= 0.3 is 0 Å². The van der Waals surface area contributed by atoms with Crippen molar-refractivity contribution in [2.45, 2.75) is 44.3 Å². The van der Waals surface area contributed by atoms with Crippen LogP contribution >= 0.6 is 0 Å². The second-order valence-electron chi connectivity index (χ2n) is 6.43. The van der Waals surface area contributed by atoms with Gasteiger partial charge in [-0.15, -0.1) is 0 Å². The van der Waals surface area contributed by atoms with Crippen LogP contribution in [0.3, 0.4) is 0 Å². The molecule has 0 aromatic carbocycles. The van der Waals surface area contributed by atoms with Crippen LogP contribution < -0.4 is 5.32 Å². The molecule has 110 valence electrons. The molecule has 4 rings (SSSR count). The third-order valence-corrected chi connectivity index (χ3v) is 4.69. The average molecular weight is 285 g/mol. The van der Waals surface area contributed by atoms with Crippen molar-refractivity contribution < 1.29 is 9.59 Å². The van der Waals surface area contributed by atoms with Crippen molar-refractivity contribution in [3.05, 3.63) is 30.1 Å². The van der Waals surface area contributed by atoms with E-state index in [0.29, 0.717) is 18.4 Å². The smallest absolute Gasteiger partial charge is 0.246 e. The molecule has 3 aliphatic rings. The maximum atomic E-state index is 12.8. The molecular weight excluding hydrogens is 266 g/mol. The number of nitrogens with zero attached hydrogens (tertiary/aromatic N) is 2. The zero-order valence-electron chi connectivity index (χ0n) is 11.9. The second kappa shape index (κ2) is 4.83. The van der Waals surface area contributed by atoms with Crippen LogP contribution in [-0.4, -0.2) is 33.8 Å². The molecule has 1 N–H and O–H groups in total. The van der Waals surface area contributed by atoms with Crippen LogP contribution in [0.5, 0.6) is 0 Å². The molecule has 2 unspecified atom stereocenters. The molecule has 0 spiro atoms. The van der Waals surface area contributed by atoms with Crippen LogP contribution in [-0.2, 0) is 16.1 Å². The Morgan fingerprint density at radius 1 is 1.19 bits per heavy atom. The van der Waals surface area contributed by atoms with Crippen molar-refractivity contribution in [3.8, 4) is 0 Å². The van der Waals surface area contributed by atoms with Gasteiger partial charge in [-0.2, -0.15) is 0 Å². The lowest BCUT2D eigenvalue weighted by atomic mass is 9.99. The molecule has 1 aliphatic heterocycles. The fourth-order valence-electron chi connectivity index (χ4n) is 3.25. The van der Waals surface area contributed by atoms with Gasteiger partial charge in [0.25, 0.3) is 0 Å². The molecule has 1 saturated heterocycles. The Morgan fingerprint density at radius 3 is 2.57 bits per heavy atom. The minimum absolute atomic E-state index is 0.0397. The lowest BCUT2D eigenvalue weighted by Crippen LogP contribution is -2.64. The minimum Gasteiger partial charge on any atom is -0.342 e. The maximum absolute atomic E-state index is 12.8. The van der Waals surface area contributed by atoms with Crippen LogP contribution in [0.2, 0.25) is 0 Å². The number of aromatic nitrogens is 1. The third-order valence-electron chi connectivity index (χ3n) is 4.69. The Morgan fingerprint density at radius 2 is 1.95 bits per heavy atom. The summed E-state index contributed by atoms with van der Waals surface area (Å²) in [5, 5.41) is 2.97. The van der Waals surface area contributed by atoms with E-state index < -0.39 is 0 Å². The highest BCUT2D eigenvalue weighted by atomic mass is 16.2. The largest absolute Gasteiger partial charge is 0.342 e. The Balaban J connectivity index is 1.61. The number of amides is 2. The van der Waals surface area contributed by atoms with E-state index in [4.69, 9.17) is 0 Å². The van der Waals surface area contributed by atoms with Crippen LogP contribution in [0.4, 0.5) is 0 Å². The first-order valence-corrected chi connectivity index (χ1v) is 7.74. The predicted molar refractivity (Wildman–Crippen MR) is 76.0 cm³/mol. The molecule has 5 heteroatoms. The second-order valence-corrected chi connectivity index (χ2v) is 6.43. The fraction of sp³-hybridized carbons (Fsp3) is 0.562. The lowest BCUT2D eigenvalue weighted by molar-refractivity contribution is -0.151. The van der Waals surface area contributed by atoms with Gasteiger partial charge in [-0.05, 0) is 49.1 Å².